The third-order valence-corrected chi connectivity index (χ3v) is 5.70. The summed E-state index contributed by atoms with van der Waals surface area (Å²) >= 11 is 0. The minimum absolute atomic E-state index is 0.325. The molecule has 2 N–H and O–H groups in total. The molecule has 0 amide bonds. The highest BCUT2D eigenvalue weighted by Gasteiger charge is 2.40. The van der Waals surface area contributed by atoms with Crippen molar-refractivity contribution in [3.05, 3.63) is 24.6 Å². The van der Waals surface area contributed by atoms with Crippen molar-refractivity contribution in [2.24, 2.45) is 0 Å². The first-order chi connectivity index (χ1) is 12.2. The quantitative estimate of drug-likeness (QED) is 0.221. The number of quaternary nitrogens is 1. The fourth-order valence-electron chi connectivity index (χ4n) is 3.90. The van der Waals surface area contributed by atoms with Gasteiger partial charge in [-0.3, -0.25) is 4.48 Å². The number of nitrogens with zero attached hydrogens (tertiary/aromatic N) is 1. The molecule has 3 atom stereocenters. The zero-order valence-corrected chi connectivity index (χ0v) is 17.1. The Kier molecular flexibility index (Phi) is 11.9. The maximum atomic E-state index is 10.1. The van der Waals surface area contributed by atoms with E-state index in [1.165, 1.54) is 64.2 Å². The lowest BCUT2D eigenvalue weighted by Crippen LogP contribution is -2.57. The van der Waals surface area contributed by atoms with Gasteiger partial charge in [0.1, 0.15) is 6.20 Å². The lowest BCUT2D eigenvalue weighted by molar-refractivity contribution is -0.942. The number of aliphatic hydroxyl groups is 1. The molecule has 0 saturated heterocycles. The predicted molar refractivity (Wildman–Crippen MR) is 109 cm³/mol. The summed E-state index contributed by atoms with van der Waals surface area (Å²) < 4.78 is 0.655. The van der Waals surface area contributed by atoms with Gasteiger partial charge in [0.25, 0.3) is 0 Å². The van der Waals surface area contributed by atoms with Crippen LogP contribution in [0.3, 0.4) is 0 Å². The lowest BCUT2D eigenvalue weighted by Gasteiger charge is -2.39. The van der Waals surface area contributed by atoms with Gasteiger partial charge in [0.05, 0.1) is 12.7 Å². The van der Waals surface area contributed by atoms with E-state index < -0.39 is 0 Å². The highest BCUT2D eigenvalue weighted by molar-refractivity contribution is 4.86. The second kappa shape index (κ2) is 13.4. The zero-order chi connectivity index (χ0) is 18.4. The van der Waals surface area contributed by atoms with Gasteiger partial charge in [0, 0.05) is 13.3 Å². The summed E-state index contributed by atoms with van der Waals surface area (Å²) in [5.74, 6) is 0. The summed E-state index contributed by atoms with van der Waals surface area (Å²) in [5.41, 5.74) is 0. The zero-order valence-electron chi connectivity index (χ0n) is 17.1. The molecule has 0 radical (unpaired) electrons. The van der Waals surface area contributed by atoms with E-state index in [0.717, 1.165) is 19.4 Å². The van der Waals surface area contributed by atoms with Crippen LogP contribution in [-0.4, -0.2) is 28.5 Å². The predicted octanol–water partition coefficient (Wildman–Crippen LogP) is 5.82. The van der Waals surface area contributed by atoms with Crippen molar-refractivity contribution in [3.63, 3.8) is 0 Å². The molecule has 0 aliphatic carbocycles. The van der Waals surface area contributed by atoms with Crippen molar-refractivity contribution in [2.45, 2.75) is 110 Å². The number of nitrogens with one attached hydrogen (secondary N) is 1. The van der Waals surface area contributed by atoms with E-state index in [-0.39, 0.29) is 6.23 Å². The largest absolute Gasteiger partial charge is 0.345 e. The first kappa shape index (κ1) is 22.2. The minimum atomic E-state index is -0.348. The van der Waals surface area contributed by atoms with Crippen LogP contribution in [0.5, 0.6) is 0 Å². The molecule has 0 saturated carbocycles. The van der Waals surface area contributed by atoms with E-state index in [0.29, 0.717) is 10.6 Å². The van der Waals surface area contributed by atoms with Gasteiger partial charge >= 0.3 is 0 Å². The fourth-order valence-corrected chi connectivity index (χ4v) is 3.90. The molecule has 0 fully saturated rings. The summed E-state index contributed by atoms with van der Waals surface area (Å²) in [4.78, 5) is 0. The number of unbranched alkanes of at least 4 members (excludes halogenated alkanes) is 9. The van der Waals surface area contributed by atoms with Crippen LogP contribution in [0.15, 0.2) is 24.6 Å². The van der Waals surface area contributed by atoms with E-state index in [1.54, 1.807) is 0 Å². The molecule has 3 nitrogen and oxygen atoms in total. The number of allylic oxidation sites excluding steroid dienone is 2. The van der Waals surface area contributed by atoms with Crippen molar-refractivity contribution in [2.75, 3.05) is 6.54 Å². The number of hydrogen-bond acceptors (Lipinski definition) is 2. The number of hydrogen-bond donors (Lipinski definition) is 2. The third-order valence-electron chi connectivity index (χ3n) is 5.70. The van der Waals surface area contributed by atoms with E-state index >= 15 is 0 Å². The summed E-state index contributed by atoms with van der Waals surface area (Å²) in [6.07, 6.45) is 24.7. The monoisotopic (exact) mass is 351 g/mol. The van der Waals surface area contributed by atoms with Gasteiger partial charge in [-0.1, -0.05) is 64.0 Å². The number of aliphatic hydroxyl groups excluding tert-OH is 1. The van der Waals surface area contributed by atoms with Crippen LogP contribution in [0.25, 0.3) is 0 Å². The fraction of sp³-hybridized carbons (Fsp3) is 0.818. The molecular formula is C22H43N2O+. The van der Waals surface area contributed by atoms with Crippen molar-refractivity contribution in [1.29, 1.82) is 0 Å². The molecule has 0 bridgehead atoms. The molecule has 0 aromatic heterocycles. The van der Waals surface area contributed by atoms with Crippen LogP contribution in [0.4, 0.5) is 0 Å². The van der Waals surface area contributed by atoms with Gasteiger partial charge < -0.3 is 10.4 Å². The van der Waals surface area contributed by atoms with Gasteiger partial charge in [-0.2, -0.15) is 0 Å². The van der Waals surface area contributed by atoms with Gasteiger partial charge in [0.2, 0.25) is 0 Å². The average molecular weight is 352 g/mol. The van der Waals surface area contributed by atoms with Crippen molar-refractivity contribution >= 4 is 0 Å². The van der Waals surface area contributed by atoms with E-state index in [2.05, 4.69) is 37.5 Å². The Bertz CT molecular complexity index is 378. The Labute approximate surface area is 156 Å². The van der Waals surface area contributed by atoms with E-state index in [4.69, 9.17) is 0 Å². The molecule has 1 aliphatic rings. The van der Waals surface area contributed by atoms with Gasteiger partial charge in [-0.05, 0) is 32.6 Å². The molecule has 3 heteroatoms. The topological polar surface area (TPSA) is 32.3 Å². The molecule has 1 rings (SSSR count). The molecular weight excluding hydrogens is 308 g/mol. The van der Waals surface area contributed by atoms with Crippen LogP contribution in [0.1, 0.15) is 97.8 Å². The molecule has 0 aromatic carbocycles. The molecule has 25 heavy (non-hydrogen) atoms. The maximum absolute atomic E-state index is 10.1. The normalized spacial score (nSPS) is 24.1. The minimum Gasteiger partial charge on any atom is -0.345 e. The third kappa shape index (κ3) is 7.96. The highest BCUT2D eigenvalue weighted by Crippen LogP contribution is 2.25. The van der Waals surface area contributed by atoms with Crippen molar-refractivity contribution in [3.8, 4) is 0 Å². The molecule has 0 aromatic rings. The van der Waals surface area contributed by atoms with Gasteiger partial charge in [0.15, 0.2) is 12.4 Å². The second-order valence-electron chi connectivity index (χ2n) is 7.61. The van der Waals surface area contributed by atoms with Gasteiger partial charge in [-0.15, -0.1) is 0 Å². The van der Waals surface area contributed by atoms with Crippen molar-refractivity contribution < 1.29 is 9.59 Å². The van der Waals surface area contributed by atoms with Crippen LogP contribution < -0.4 is 5.32 Å². The van der Waals surface area contributed by atoms with Crippen LogP contribution in [0, 0.1) is 0 Å². The molecule has 146 valence electrons. The molecule has 1 aliphatic heterocycles. The van der Waals surface area contributed by atoms with Crippen molar-refractivity contribution in [1.82, 2.24) is 5.32 Å². The summed E-state index contributed by atoms with van der Waals surface area (Å²) in [7, 11) is 0. The second-order valence-corrected chi connectivity index (χ2v) is 7.61. The SMILES string of the molecule is CCCCCCCCCC/C=C/CCCC1NC=C[N+]1(CC)C(C)O. The summed E-state index contributed by atoms with van der Waals surface area (Å²) in [6.45, 7) is 7.26. The Morgan fingerprint density at radius 3 is 2.16 bits per heavy atom. The first-order valence-electron chi connectivity index (χ1n) is 10.8. The maximum Gasteiger partial charge on any atom is 0.193 e. The highest BCUT2D eigenvalue weighted by atomic mass is 16.3. The van der Waals surface area contributed by atoms with Gasteiger partial charge in [-0.25, -0.2) is 0 Å². The molecule has 1 heterocycles. The first-order valence-corrected chi connectivity index (χ1v) is 10.8. The van der Waals surface area contributed by atoms with Crippen LogP contribution in [0.2, 0.25) is 0 Å². The van der Waals surface area contributed by atoms with E-state index in [1.807, 2.05) is 13.1 Å². The van der Waals surface area contributed by atoms with Crippen LogP contribution >= 0.6 is 0 Å². The Balaban J connectivity index is 2.02. The molecule has 3 unspecified atom stereocenters. The smallest absolute Gasteiger partial charge is 0.193 e. The Hall–Kier alpha value is -0.800. The lowest BCUT2D eigenvalue weighted by atomic mass is 10.1. The molecule has 0 spiro atoms. The van der Waals surface area contributed by atoms with Crippen LogP contribution in [-0.2, 0) is 0 Å². The Morgan fingerprint density at radius 1 is 0.960 bits per heavy atom. The Morgan fingerprint density at radius 2 is 1.56 bits per heavy atom. The van der Waals surface area contributed by atoms with E-state index in [9.17, 15) is 5.11 Å². The number of rotatable bonds is 15. The standard InChI is InChI=1S/C22H43N2O/c1-4-6-7-8-9-10-11-12-13-14-15-16-17-18-22-23-19-20-24(22,5-2)21(3)25/h14-15,19-23,25H,4-13,16-18H2,1-3H3/q+1/b15-14+. The summed E-state index contributed by atoms with van der Waals surface area (Å²) in [5, 5.41) is 13.6. The average Bonchev–Trinajstić information content (AvgIpc) is 3.03. The summed E-state index contributed by atoms with van der Waals surface area (Å²) in [6, 6.07) is 0.